The lowest BCUT2D eigenvalue weighted by atomic mass is 10.1. The summed E-state index contributed by atoms with van der Waals surface area (Å²) in [5.41, 5.74) is 6.47. The van der Waals surface area contributed by atoms with Gasteiger partial charge in [-0.05, 0) is 24.5 Å². The van der Waals surface area contributed by atoms with Gasteiger partial charge in [0.1, 0.15) is 12.0 Å². The first-order valence-corrected chi connectivity index (χ1v) is 7.27. The molecule has 2 rings (SSSR count). The number of anilines is 2. The van der Waals surface area contributed by atoms with Crippen LogP contribution in [0.3, 0.4) is 0 Å². The summed E-state index contributed by atoms with van der Waals surface area (Å²) in [4.78, 5) is 8.26. The van der Waals surface area contributed by atoms with Crippen molar-refractivity contribution in [2.45, 2.75) is 20.3 Å². The Hall–Kier alpha value is -2.50. The predicted octanol–water partition coefficient (Wildman–Crippen LogP) is 3.32. The summed E-state index contributed by atoms with van der Waals surface area (Å²) in [5.74, 6) is 2.69. The number of methoxy groups -OCH3 is 1. The highest BCUT2D eigenvalue weighted by atomic mass is 16.5. The Bertz CT molecular complexity index is 617. The predicted molar refractivity (Wildman–Crippen MR) is 87.5 cm³/mol. The quantitative estimate of drug-likeness (QED) is 0.816. The molecule has 0 saturated heterocycles. The molecule has 0 amide bonds. The van der Waals surface area contributed by atoms with E-state index in [2.05, 4.69) is 29.1 Å². The minimum absolute atomic E-state index is 0.312. The molecule has 0 fully saturated rings. The number of nitrogen functional groups attached to an aromatic ring is 1. The lowest BCUT2D eigenvalue weighted by molar-refractivity contribution is 0.374. The number of hydrogen-bond acceptors (Lipinski definition) is 6. The number of ether oxygens (including phenoxy) is 2. The molecule has 22 heavy (non-hydrogen) atoms. The van der Waals surface area contributed by atoms with Crippen LogP contribution in [-0.4, -0.2) is 23.6 Å². The Morgan fingerprint density at radius 1 is 1.18 bits per heavy atom. The fourth-order valence-electron chi connectivity index (χ4n) is 1.89. The van der Waals surface area contributed by atoms with Crippen LogP contribution in [0.1, 0.15) is 20.3 Å². The lowest BCUT2D eigenvalue weighted by Crippen LogP contribution is -2.09. The Kier molecular flexibility index (Phi) is 5.41. The number of nitrogens with two attached hydrogens (primary N) is 1. The van der Waals surface area contributed by atoms with E-state index in [9.17, 15) is 0 Å². The Balaban J connectivity index is 2.14. The van der Waals surface area contributed by atoms with Crippen LogP contribution in [0.15, 0.2) is 30.6 Å². The Morgan fingerprint density at radius 3 is 2.59 bits per heavy atom. The summed E-state index contributed by atoms with van der Waals surface area (Å²) in [7, 11) is 1.59. The summed E-state index contributed by atoms with van der Waals surface area (Å²) in [6.07, 6.45) is 2.46. The maximum atomic E-state index is 6.09. The second kappa shape index (κ2) is 7.49. The highest BCUT2D eigenvalue weighted by Crippen LogP contribution is 2.34. The van der Waals surface area contributed by atoms with E-state index in [0.717, 1.165) is 13.0 Å². The second-order valence-electron chi connectivity index (χ2n) is 5.30. The molecule has 0 unspecified atom stereocenters. The summed E-state index contributed by atoms with van der Waals surface area (Å²) in [5, 5.41) is 3.21. The van der Waals surface area contributed by atoms with Crippen LogP contribution < -0.4 is 20.5 Å². The van der Waals surface area contributed by atoms with Crippen LogP contribution in [0.2, 0.25) is 0 Å². The first-order chi connectivity index (χ1) is 10.6. The molecule has 1 aromatic carbocycles. The van der Waals surface area contributed by atoms with Gasteiger partial charge in [-0.2, -0.15) is 4.98 Å². The van der Waals surface area contributed by atoms with Gasteiger partial charge in [-0.3, -0.25) is 0 Å². The van der Waals surface area contributed by atoms with Crippen LogP contribution in [0.25, 0.3) is 0 Å². The number of benzene rings is 1. The average Bonchev–Trinajstić information content (AvgIpc) is 2.51. The summed E-state index contributed by atoms with van der Waals surface area (Å²) >= 11 is 0. The van der Waals surface area contributed by atoms with E-state index in [1.807, 2.05) is 18.2 Å². The molecule has 0 atom stereocenters. The number of nitrogens with zero attached hydrogens (tertiary/aromatic N) is 2. The minimum atomic E-state index is 0.312. The summed E-state index contributed by atoms with van der Waals surface area (Å²) in [6, 6.07) is 7.34. The summed E-state index contributed by atoms with van der Waals surface area (Å²) in [6.45, 7) is 5.13. The van der Waals surface area contributed by atoms with E-state index in [4.69, 9.17) is 15.2 Å². The first kappa shape index (κ1) is 15.9. The van der Waals surface area contributed by atoms with Gasteiger partial charge < -0.3 is 20.5 Å². The van der Waals surface area contributed by atoms with Crippen molar-refractivity contribution in [3.8, 4) is 17.4 Å². The van der Waals surface area contributed by atoms with Crippen molar-refractivity contribution in [1.82, 2.24) is 9.97 Å². The van der Waals surface area contributed by atoms with Crippen molar-refractivity contribution >= 4 is 11.5 Å². The van der Waals surface area contributed by atoms with E-state index >= 15 is 0 Å². The fourth-order valence-corrected chi connectivity index (χ4v) is 1.89. The van der Waals surface area contributed by atoms with Crippen molar-refractivity contribution < 1.29 is 9.47 Å². The van der Waals surface area contributed by atoms with Crippen LogP contribution in [0.5, 0.6) is 17.4 Å². The molecule has 3 N–H and O–H groups in total. The average molecular weight is 302 g/mol. The number of nitrogens with one attached hydrogen (secondary N) is 1. The number of para-hydroxylation sites is 2. The lowest BCUT2D eigenvalue weighted by Gasteiger charge is -2.13. The van der Waals surface area contributed by atoms with E-state index in [0.29, 0.717) is 34.8 Å². The number of hydrogen-bond donors (Lipinski definition) is 2. The van der Waals surface area contributed by atoms with Crippen molar-refractivity contribution in [3.63, 3.8) is 0 Å². The molecule has 0 spiro atoms. The molecule has 6 nitrogen and oxygen atoms in total. The summed E-state index contributed by atoms with van der Waals surface area (Å²) < 4.78 is 11.0. The fraction of sp³-hybridized carbons (Fsp3) is 0.375. The standard InChI is InChI=1S/C16H22N4O2/c1-11(2)8-9-18-15-14(17)16(20-10-19-15)22-13-7-5-4-6-12(13)21-3/h4-7,10-11H,8-9,17H2,1-3H3,(H,18,19,20). The Morgan fingerprint density at radius 2 is 1.91 bits per heavy atom. The monoisotopic (exact) mass is 302 g/mol. The van der Waals surface area contributed by atoms with Gasteiger partial charge in [-0.25, -0.2) is 4.98 Å². The molecule has 1 heterocycles. The largest absolute Gasteiger partial charge is 0.493 e. The maximum absolute atomic E-state index is 6.09. The molecule has 2 aromatic rings. The van der Waals surface area contributed by atoms with Crippen LogP contribution in [-0.2, 0) is 0 Å². The topological polar surface area (TPSA) is 82.3 Å². The van der Waals surface area contributed by atoms with E-state index in [-0.39, 0.29) is 0 Å². The molecule has 0 aliphatic carbocycles. The zero-order valence-electron chi connectivity index (χ0n) is 13.2. The van der Waals surface area contributed by atoms with Gasteiger partial charge in [-0.1, -0.05) is 26.0 Å². The van der Waals surface area contributed by atoms with Crippen LogP contribution in [0, 0.1) is 5.92 Å². The van der Waals surface area contributed by atoms with Crippen molar-refractivity contribution in [2.75, 3.05) is 24.7 Å². The molecule has 6 heteroatoms. The van der Waals surface area contributed by atoms with Gasteiger partial charge in [0.15, 0.2) is 17.3 Å². The zero-order valence-corrected chi connectivity index (χ0v) is 13.2. The van der Waals surface area contributed by atoms with E-state index < -0.39 is 0 Å². The highest BCUT2D eigenvalue weighted by Gasteiger charge is 2.12. The van der Waals surface area contributed by atoms with Gasteiger partial charge in [0, 0.05) is 6.54 Å². The Labute approximate surface area is 130 Å². The second-order valence-corrected chi connectivity index (χ2v) is 5.30. The van der Waals surface area contributed by atoms with Gasteiger partial charge in [0.05, 0.1) is 7.11 Å². The van der Waals surface area contributed by atoms with Crippen molar-refractivity contribution in [3.05, 3.63) is 30.6 Å². The smallest absolute Gasteiger partial charge is 0.248 e. The van der Waals surface area contributed by atoms with Gasteiger partial charge >= 0.3 is 0 Å². The third kappa shape index (κ3) is 4.00. The molecular formula is C16H22N4O2. The normalized spacial score (nSPS) is 10.5. The molecular weight excluding hydrogens is 280 g/mol. The zero-order chi connectivity index (χ0) is 15.9. The molecule has 118 valence electrons. The molecule has 0 radical (unpaired) electrons. The highest BCUT2D eigenvalue weighted by molar-refractivity contribution is 5.67. The number of aromatic nitrogens is 2. The van der Waals surface area contributed by atoms with E-state index in [1.165, 1.54) is 6.33 Å². The van der Waals surface area contributed by atoms with E-state index in [1.54, 1.807) is 13.2 Å². The third-order valence-corrected chi connectivity index (χ3v) is 3.14. The van der Waals surface area contributed by atoms with Gasteiger partial charge in [0.2, 0.25) is 5.88 Å². The van der Waals surface area contributed by atoms with Gasteiger partial charge in [0.25, 0.3) is 0 Å². The van der Waals surface area contributed by atoms with Crippen LogP contribution >= 0.6 is 0 Å². The molecule has 0 saturated carbocycles. The minimum Gasteiger partial charge on any atom is -0.493 e. The maximum Gasteiger partial charge on any atom is 0.248 e. The molecule has 0 bridgehead atoms. The number of rotatable bonds is 7. The SMILES string of the molecule is COc1ccccc1Oc1ncnc(NCCC(C)C)c1N. The molecule has 0 aliphatic rings. The van der Waals surface area contributed by atoms with Crippen molar-refractivity contribution in [2.24, 2.45) is 5.92 Å². The molecule has 0 aliphatic heterocycles. The molecule has 1 aromatic heterocycles. The first-order valence-electron chi connectivity index (χ1n) is 7.27. The van der Waals surface area contributed by atoms with Crippen molar-refractivity contribution in [1.29, 1.82) is 0 Å². The van der Waals surface area contributed by atoms with Gasteiger partial charge in [-0.15, -0.1) is 0 Å². The van der Waals surface area contributed by atoms with Crippen LogP contribution in [0.4, 0.5) is 11.5 Å². The third-order valence-electron chi connectivity index (χ3n) is 3.14.